The molecule has 1 aliphatic carbocycles. The number of aliphatic carboxylic acids is 2. The van der Waals surface area contributed by atoms with Gasteiger partial charge in [0, 0.05) is 6.54 Å². The first-order valence-electron chi connectivity index (χ1n) is 5.85. The largest absolute Gasteiger partial charge is 0.480 e. The molecule has 0 aliphatic heterocycles. The molecular weight excluding hydrogens is 240 g/mol. The summed E-state index contributed by atoms with van der Waals surface area (Å²) in [6.07, 6.45) is 3.04. The Balaban J connectivity index is 2.47. The van der Waals surface area contributed by atoms with Gasteiger partial charge in [-0.05, 0) is 24.7 Å². The van der Waals surface area contributed by atoms with Gasteiger partial charge in [-0.1, -0.05) is 6.92 Å². The average molecular weight is 258 g/mol. The molecule has 0 aromatic rings. The molecule has 3 N–H and O–H groups in total. The second-order valence-electron chi connectivity index (χ2n) is 4.66. The third-order valence-corrected chi connectivity index (χ3v) is 3.26. The van der Waals surface area contributed by atoms with Crippen molar-refractivity contribution >= 4 is 18.0 Å². The molecule has 0 saturated heterocycles. The van der Waals surface area contributed by atoms with Gasteiger partial charge >= 0.3 is 18.0 Å². The van der Waals surface area contributed by atoms with E-state index in [1.54, 1.807) is 0 Å². The minimum Gasteiger partial charge on any atom is -0.480 e. The van der Waals surface area contributed by atoms with E-state index >= 15 is 0 Å². The molecule has 0 unspecified atom stereocenters. The molecule has 7 heteroatoms. The highest BCUT2D eigenvalue weighted by atomic mass is 16.4. The Morgan fingerprint density at radius 1 is 1.17 bits per heavy atom. The standard InChI is InChI=1S/C11H18N2O5/c1-2-11(3-4-11)7-12-10(18)13(5-8(14)15)6-9(16)17/h2-7H2,1H3,(H,12,18)(H,14,15)(H,16,17). The number of hydrogen-bond acceptors (Lipinski definition) is 3. The number of amides is 2. The first-order valence-corrected chi connectivity index (χ1v) is 5.85. The van der Waals surface area contributed by atoms with E-state index in [9.17, 15) is 14.4 Å². The van der Waals surface area contributed by atoms with Crippen LogP contribution in [0, 0.1) is 5.41 Å². The molecule has 1 rings (SSSR count). The molecular formula is C11H18N2O5. The van der Waals surface area contributed by atoms with Crippen molar-refractivity contribution in [2.75, 3.05) is 19.6 Å². The summed E-state index contributed by atoms with van der Waals surface area (Å²) in [5.41, 5.74) is 0.133. The maximum atomic E-state index is 11.7. The summed E-state index contributed by atoms with van der Waals surface area (Å²) < 4.78 is 0. The Kier molecular flexibility index (Phi) is 4.52. The molecule has 0 spiro atoms. The van der Waals surface area contributed by atoms with E-state index in [2.05, 4.69) is 5.32 Å². The summed E-state index contributed by atoms with van der Waals surface area (Å²) in [6.45, 7) is 1.28. The third-order valence-electron chi connectivity index (χ3n) is 3.26. The molecule has 2 amide bonds. The van der Waals surface area contributed by atoms with Crippen LogP contribution in [-0.2, 0) is 9.59 Å². The Labute approximate surface area is 105 Å². The van der Waals surface area contributed by atoms with Crippen molar-refractivity contribution in [3.05, 3.63) is 0 Å². The predicted octanol–water partition coefficient (Wildman–Crippen LogP) is 0.357. The highest BCUT2D eigenvalue weighted by Crippen LogP contribution is 2.47. The maximum Gasteiger partial charge on any atom is 0.323 e. The maximum absolute atomic E-state index is 11.7. The lowest BCUT2D eigenvalue weighted by Crippen LogP contribution is -2.46. The predicted molar refractivity (Wildman–Crippen MR) is 62.2 cm³/mol. The average Bonchev–Trinajstić information content (AvgIpc) is 3.04. The Morgan fingerprint density at radius 3 is 2.00 bits per heavy atom. The topological polar surface area (TPSA) is 107 Å². The van der Waals surface area contributed by atoms with Crippen molar-refractivity contribution in [3.8, 4) is 0 Å². The lowest BCUT2D eigenvalue weighted by atomic mass is 10.0. The zero-order chi connectivity index (χ0) is 13.8. The van der Waals surface area contributed by atoms with E-state index in [1.165, 1.54) is 0 Å². The highest BCUT2D eigenvalue weighted by Gasteiger charge is 2.41. The molecule has 0 heterocycles. The van der Waals surface area contributed by atoms with E-state index in [4.69, 9.17) is 10.2 Å². The number of rotatable bonds is 7. The van der Waals surface area contributed by atoms with Crippen LogP contribution in [0.2, 0.25) is 0 Å². The summed E-state index contributed by atoms with van der Waals surface area (Å²) in [6, 6.07) is -0.639. The normalized spacial score (nSPS) is 15.8. The van der Waals surface area contributed by atoms with Gasteiger partial charge in [-0.3, -0.25) is 9.59 Å². The fraction of sp³-hybridized carbons (Fsp3) is 0.727. The van der Waals surface area contributed by atoms with Crippen LogP contribution in [-0.4, -0.2) is 52.7 Å². The van der Waals surface area contributed by atoms with Crippen LogP contribution in [0.3, 0.4) is 0 Å². The van der Waals surface area contributed by atoms with Gasteiger partial charge in [0.2, 0.25) is 0 Å². The van der Waals surface area contributed by atoms with E-state index in [-0.39, 0.29) is 5.41 Å². The molecule has 7 nitrogen and oxygen atoms in total. The minimum atomic E-state index is -1.23. The molecule has 0 aromatic heterocycles. The van der Waals surface area contributed by atoms with Crippen LogP contribution < -0.4 is 5.32 Å². The Hall–Kier alpha value is -1.79. The smallest absolute Gasteiger partial charge is 0.323 e. The van der Waals surface area contributed by atoms with Crippen molar-refractivity contribution in [1.82, 2.24) is 10.2 Å². The molecule has 102 valence electrons. The quantitative estimate of drug-likeness (QED) is 0.611. The van der Waals surface area contributed by atoms with Crippen molar-refractivity contribution in [3.63, 3.8) is 0 Å². The fourth-order valence-electron chi connectivity index (χ4n) is 1.73. The number of nitrogens with zero attached hydrogens (tertiary/aromatic N) is 1. The summed E-state index contributed by atoms with van der Waals surface area (Å²) in [5.74, 6) is -2.47. The number of carboxylic acid groups (broad SMARTS) is 2. The second kappa shape index (κ2) is 5.70. The summed E-state index contributed by atoms with van der Waals surface area (Å²) >= 11 is 0. The van der Waals surface area contributed by atoms with Crippen molar-refractivity contribution < 1.29 is 24.6 Å². The van der Waals surface area contributed by atoms with E-state index in [1.807, 2.05) is 6.92 Å². The molecule has 0 aromatic carbocycles. The highest BCUT2D eigenvalue weighted by molar-refractivity contribution is 5.84. The summed E-state index contributed by atoms with van der Waals surface area (Å²) in [4.78, 5) is 33.6. The van der Waals surface area contributed by atoms with Crippen molar-refractivity contribution in [2.24, 2.45) is 5.41 Å². The van der Waals surface area contributed by atoms with Gasteiger partial charge in [-0.25, -0.2) is 4.79 Å². The van der Waals surface area contributed by atoms with Gasteiger partial charge in [0.1, 0.15) is 13.1 Å². The van der Waals surface area contributed by atoms with Crippen molar-refractivity contribution in [2.45, 2.75) is 26.2 Å². The van der Waals surface area contributed by atoms with Gasteiger partial charge in [-0.15, -0.1) is 0 Å². The molecule has 0 atom stereocenters. The lowest BCUT2D eigenvalue weighted by molar-refractivity contribution is -0.140. The van der Waals surface area contributed by atoms with E-state index in [0.29, 0.717) is 6.54 Å². The first-order chi connectivity index (χ1) is 8.38. The van der Waals surface area contributed by atoms with Crippen LogP contribution in [0.1, 0.15) is 26.2 Å². The Bertz CT molecular complexity index is 335. The van der Waals surface area contributed by atoms with Gasteiger partial charge in [0.25, 0.3) is 0 Å². The lowest BCUT2D eigenvalue weighted by Gasteiger charge is -2.21. The first kappa shape index (κ1) is 14.3. The van der Waals surface area contributed by atoms with Gasteiger partial charge < -0.3 is 20.4 Å². The number of urea groups is 1. The molecule has 1 saturated carbocycles. The van der Waals surface area contributed by atoms with Crippen LogP contribution >= 0.6 is 0 Å². The fourth-order valence-corrected chi connectivity index (χ4v) is 1.73. The molecule has 18 heavy (non-hydrogen) atoms. The molecule has 1 aliphatic rings. The molecule has 0 radical (unpaired) electrons. The van der Waals surface area contributed by atoms with Crippen LogP contribution in [0.5, 0.6) is 0 Å². The van der Waals surface area contributed by atoms with E-state index in [0.717, 1.165) is 24.2 Å². The summed E-state index contributed by atoms with van der Waals surface area (Å²) in [5, 5.41) is 19.8. The van der Waals surface area contributed by atoms with Gasteiger partial charge in [0.15, 0.2) is 0 Å². The number of nitrogens with one attached hydrogen (secondary N) is 1. The number of carbonyl (C=O) groups is 3. The summed E-state index contributed by atoms with van der Waals surface area (Å²) in [7, 11) is 0. The third kappa shape index (κ3) is 4.23. The monoisotopic (exact) mass is 258 g/mol. The van der Waals surface area contributed by atoms with Crippen LogP contribution in [0.25, 0.3) is 0 Å². The Morgan fingerprint density at radius 2 is 1.67 bits per heavy atom. The zero-order valence-corrected chi connectivity index (χ0v) is 10.3. The second-order valence-corrected chi connectivity index (χ2v) is 4.66. The minimum absolute atomic E-state index is 0.133. The number of hydrogen-bond donors (Lipinski definition) is 3. The molecule has 1 fully saturated rings. The molecule has 0 bridgehead atoms. The zero-order valence-electron chi connectivity index (χ0n) is 10.3. The van der Waals surface area contributed by atoms with Gasteiger partial charge in [-0.2, -0.15) is 0 Å². The van der Waals surface area contributed by atoms with Crippen molar-refractivity contribution in [1.29, 1.82) is 0 Å². The SMILES string of the molecule is CCC1(CNC(=O)N(CC(=O)O)CC(=O)O)CC1. The van der Waals surface area contributed by atoms with Gasteiger partial charge in [0.05, 0.1) is 0 Å². The number of carboxylic acids is 2. The van der Waals surface area contributed by atoms with Crippen LogP contribution in [0.4, 0.5) is 4.79 Å². The number of carbonyl (C=O) groups excluding carboxylic acids is 1. The van der Waals surface area contributed by atoms with E-state index < -0.39 is 31.1 Å². The van der Waals surface area contributed by atoms with Crippen LogP contribution in [0.15, 0.2) is 0 Å².